The molecule has 2 saturated heterocycles. The molecule has 0 saturated carbocycles. The highest BCUT2D eigenvalue weighted by Gasteiger charge is 2.45. The SMILES string of the molecule is O=C(NCc1ccco1)C1CCN(C(=O)C2(c3ccc(Br)cc3)CCOCC2)CC1. The molecule has 0 bridgehead atoms. The summed E-state index contributed by atoms with van der Waals surface area (Å²) in [5.74, 6) is 0.879. The summed E-state index contributed by atoms with van der Waals surface area (Å²) in [5, 5.41) is 2.94. The largest absolute Gasteiger partial charge is 0.467 e. The third-order valence-electron chi connectivity index (χ3n) is 6.32. The van der Waals surface area contributed by atoms with Crippen LogP contribution in [0.15, 0.2) is 51.6 Å². The number of amides is 2. The summed E-state index contributed by atoms with van der Waals surface area (Å²) in [7, 11) is 0. The molecular formula is C23H27BrN2O4. The molecule has 0 unspecified atom stereocenters. The van der Waals surface area contributed by atoms with Gasteiger partial charge in [0.1, 0.15) is 5.76 Å². The highest BCUT2D eigenvalue weighted by atomic mass is 79.9. The van der Waals surface area contributed by atoms with Crippen molar-refractivity contribution in [2.75, 3.05) is 26.3 Å². The van der Waals surface area contributed by atoms with E-state index in [1.54, 1.807) is 6.26 Å². The normalized spacial score (nSPS) is 19.4. The first kappa shape index (κ1) is 21.1. The van der Waals surface area contributed by atoms with Gasteiger partial charge in [0.25, 0.3) is 0 Å². The molecule has 1 N–H and O–H groups in total. The smallest absolute Gasteiger partial charge is 0.233 e. The van der Waals surface area contributed by atoms with E-state index in [0.717, 1.165) is 15.8 Å². The van der Waals surface area contributed by atoms with Crippen molar-refractivity contribution in [1.29, 1.82) is 0 Å². The summed E-state index contributed by atoms with van der Waals surface area (Å²) in [5.41, 5.74) is 0.519. The third kappa shape index (κ3) is 4.47. The van der Waals surface area contributed by atoms with Crippen LogP contribution in [0.2, 0.25) is 0 Å². The van der Waals surface area contributed by atoms with Crippen molar-refractivity contribution < 1.29 is 18.7 Å². The molecule has 6 nitrogen and oxygen atoms in total. The molecule has 0 aliphatic carbocycles. The minimum Gasteiger partial charge on any atom is -0.467 e. The van der Waals surface area contributed by atoms with E-state index in [9.17, 15) is 9.59 Å². The zero-order chi connectivity index (χ0) is 21.0. The maximum Gasteiger partial charge on any atom is 0.233 e. The average molecular weight is 475 g/mol. The first-order valence-electron chi connectivity index (χ1n) is 10.5. The lowest BCUT2D eigenvalue weighted by Gasteiger charge is -2.42. The van der Waals surface area contributed by atoms with Crippen molar-refractivity contribution >= 4 is 27.7 Å². The Morgan fingerprint density at radius 3 is 2.43 bits per heavy atom. The van der Waals surface area contributed by atoms with E-state index >= 15 is 0 Å². The summed E-state index contributed by atoms with van der Waals surface area (Å²) < 4.78 is 11.8. The zero-order valence-corrected chi connectivity index (χ0v) is 18.5. The number of ether oxygens (including phenoxy) is 1. The average Bonchev–Trinajstić information content (AvgIpc) is 3.32. The molecule has 4 rings (SSSR count). The van der Waals surface area contributed by atoms with Crippen molar-refractivity contribution in [3.8, 4) is 0 Å². The van der Waals surface area contributed by atoms with E-state index in [-0.39, 0.29) is 17.7 Å². The number of carbonyl (C=O) groups excluding carboxylic acids is 2. The zero-order valence-electron chi connectivity index (χ0n) is 16.9. The predicted octanol–water partition coefficient (Wildman–Crippen LogP) is 3.65. The highest BCUT2D eigenvalue weighted by Crippen LogP contribution is 2.38. The Morgan fingerprint density at radius 2 is 1.80 bits per heavy atom. The lowest BCUT2D eigenvalue weighted by atomic mass is 9.72. The number of nitrogens with zero attached hydrogens (tertiary/aromatic N) is 1. The molecule has 160 valence electrons. The quantitative estimate of drug-likeness (QED) is 0.717. The van der Waals surface area contributed by atoms with E-state index in [2.05, 4.69) is 21.2 Å². The molecule has 2 aromatic rings. The Morgan fingerprint density at radius 1 is 1.10 bits per heavy atom. The molecule has 0 spiro atoms. The van der Waals surface area contributed by atoms with Crippen LogP contribution in [0, 0.1) is 5.92 Å². The van der Waals surface area contributed by atoms with Crippen molar-refractivity contribution in [1.82, 2.24) is 10.2 Å². The van der Waals surface area contributed by atoms with Crippen LogP contribution in [0.1, 0.15) is 37.0 Å². The molecule has 0 radical (unpaired) electrons. The first-order chi connectivity index (χ1) is 14.6. The van der Waals surface area contributed by atoms with Crippen LogP contribution >= 0.6 is 15.9 Å². The van der Waals surface area contributed by atoms with Gasteiger partial charge in [-0.2, -0.15) is 0 Å². The molecule has 1 aromatic carbocycles. The van der Waals surface area contributed by atoms with Gasteiger partial charge in [0.05, 0.1) is 18.2 Å². The van der Waals surface area contributed by atoms with Gasteiger partial charge in [0, 0.05) is 36.7 Å². The van der Waals surface area contributed by atoms with Crippen LogP contribution in [0.4, 0.5) is 0 Å². The second kappa shape index (κ2) is 9.35. The molecule has 30 heavy (non-hydrogen) atoms. The molecule has 1 aromatic heterocycles. The number of carbonyl (C=O) groups is 2. The Balaban J connectivity index is 1.39. The number of nitrogens with one attached hydrogen (secondary N) is 1. The fraction of sp³-hybridized carbons (Fsp3) is 0.478. The number of rotatable bonds is 5. The van der Waals surface area contributed by atoms with Crippen LogP contribution in [0.5, 0.6) is 0 Å². The van der Waals surface area contributed by atoms with Crippen LogP contribution in [0.3, 0.4) is 0 Å². The van der Waals surface area contributed by atoms with Crippen molar-refractivity contribution in [3.63, 3.8) is 0 Å². The number of halogens is 1. The predicted molar refractivity (Wildman–Crippen MR) is 116 cm³/mol. The van der Waals surface area contributed by atoms with E-state index in [4.69, 9.17) is 9.15 Å². The summed E-state index contributed by atoms with van der Waals surface area (Å²) in [6, 6.07) is 11.7. The number of likely N-dealkylation sites (tertiary alicyclic amines) is 1. The van der Waals surface area contributed by atoms with Gasteiger partial charge in [0.2, 0.25) is 11.8 Å². The van der Waals surface area contributed by atoms with Crippen molar-refractivity contribution in [3.05, 3.63) is 58.5 Å². The summed E-state index contributed by atoms with van der Waals surface area (Å²) in [4.78, 5) is 28.1. The van der Waals surface area contributed by atoms with Gasteiger partial charge in [0.15, 0.2) is 0 Å². The van der Waals surface area contributed by atoms with Gasteiger partial charge in [-0.05, 0) is 55.5 Å². The third-order valence-corrected chi connectivity index (χ3v) is 6.85. The van der Waals surface area contributed by atoms with E-state index < -0.39 is 5.41 Å². The Labute approximate surface area is 185 Å². The summed E-state index contributed by atoms with van der Waals surface area (Å²) >= 11 is 3.48. The maximum atomic E-state index is 13.7. The van der Waals surface area contributed by atoms with Gasteiger partial charge < -0.3 is 19.4 Å². The molecule has 2 amide bonds. The molecular weight excluding hydrogens is 448 g/mol. The van der Waals surface area contributed by atoms with Crippen LogP contribution in [-0.4, -0.2) is 43.0 Å². The number of piperidine rings is 1. The van der Waals surface area contributed by atoms with Gasteiger partial charge in [-0.15, -0.1) is 0 Å². The molecule has 0 atom stereocenters. The number of hydrogen-bond donors (Lipinski definition) is 1. The fourth-order valence-corrected chi connectivity index (χ4v) is 4.76. The van der Waals surface area contributed by atoms with E-state index in [0.29, 0.717) is 58.5 Å². The maximum absolute atomic E-state index is 13.7. The molecule has 2 aliphatic heterocycles. The Kier molecular flexibility index (Phi) is 6.58. The Hall–Kier alpha value is -2.12. The second-order valence-electron chi connectivity index (χ2n) is 8.07. The standard InChI is InChI=1S/C23H27BrN2O4/c24-19-5-3-18(4-6-19)23(9-14-29-15-10-23)22(28)26-11-7-17(8-12-26)21(27)25-16-20-2-1-13-30-20/h1-6,13,17H,7-12,14-16H2,(H,25,27). The minimum absolute atomic E-state index is 0.0344. The van der Waals surface area contributed by atoms with Gasteiger partial charge in [-0.3, -0.25) is 9.59 Å². The molecule has 2 fully saturated rings. The van der Waals surface area contributed by atoms with Crippen molar-refractivity contribution in [2.24, 2.45) is 5.92 Å². The highest BCUT2D eigenvalue weighted by molar-refractivity contribution is 9.10. The Bertz CT molecular complexity index is 852. The molecule has 7 heteroatoms. The topological polar surface area (TPSA) is 71.8 Å². The van der Waals surface area contributed by atoms with Gasteiger partial charge in [-0.1, -0.05) is 28.1 Å². The number of benzene rings is 1. The minimum atomic E-state index is -0.534. The number of furan rings is 1. The lowest BCUT2D eigenvalue weighted by Crippen LogP contribution is -2.52. The van der Waals surface area contributed by atoms with Crippen LogP contribution in [0.25, 0.3) is 0 Å². The van der Waals surface area contributed by atoms with Gasteiger partial charge in [-0.25, -0.2) is 0 Å². The summed E-state index contributed by atoms with van der Waals surface area (Å²) in [6.45, 7) is 2.80. The lowest BCUT2D eigenvalue weighted by molar-refractivity contribution is -0.144. The fourth-order valence-electron chi connectivity index (χ4n) is 4.49. The number of hydrogen-bond acceptors (Lipinski definition) is 4. The molecule has 2 aliphatic rings. The van der Waals surface area contributed by atoms with Crippen LogP contribution in [-0.2, 0) is 26.3 Å². The summed E-state index contributed by atoms with van der Waals surface area (Å²) in [6.07, 6.45) is 4.35. The molecule has 3 heterocycles. The first-order valence-corrected chi connectivity index (χ1v) is 11.3. The van der Waals surface area contributed by atoms with Crippen LogP contribution < -0.4 is 5.32 Å². The monoisotopic (exact) mass is 474 g/mol. The van der Waals surface area contributed by atoms with Crippen molar-refractivity contribution in [2.45, 2.75) is 37.6 Å². The second-order valence-corrected chi connectivity index (χ2v) is 8.98. The van der Waals surface area contributed by atoms with E-state index in [1.807, 2.05) is 41.3 Å². The van der Waals surface area contributed by atoms with Gasteiger partial charge >= 0.3 is 0 Å². The van der Waals surface area contributed by atoms with E-state index in [1.165, 1.54) is 0 Å².